The monoisotopic (exact) mass is 410 g/mol. The van der Waals surface area contributed by atoms with Crippen LogP contribution in [0.1, 0.15) is 43.8 Å². The molecule has 156 valence electrons. The first-order valence-electron chi connectivity index (χ1n) is 9.47. The summed E-state index contributed by atoms with van der Waals surface area (Å²) >= 11 is 0. The summed E-state index contributed by atoms with van der Waals surface area (Å²) in [5.74, 6) is -0.713. The van der Waals surface area contributed by atoms with Crippen molar-refractivity contribution in [3.05, 3.63) is 28.2 Å². The third-order valence-electron chi connectivity index (χ3n) is 5.39. The van der Waals surface area contributed by atoms with E-state index >= 15 is 0 Å². The van der Waals surface area contributed by atoms with Gasteiger partial charge in [0.2, 0.25) is 5.91 Å². The van der Waals surface area contributed by atoms with Gasteiger partial charge in [-0.1, -0.05) is 0 Å². The van der Waals surface area contributed by atoms with Crippen molar-refractivity contribution in [1.82, 2.24) is 9.88 Å². The highest BCUT2D eigenvalue weighted by atomic mass is 19.4. The Bertz CT molecular complexity index is 903. The first kappa shape index (κ1) is 20.9. The van der Waals surface area contributed by atoms with Gasteiger partial charge in [-0.15, -0.1) is 0 Å². The summed E-state index contributed by atoms with van der Waals surface area (Å²) in [6, 6.07) is 3.02. The predicted molar refractivity (Wildman–Crippen MR) is 97.1 cm³/mol. The molecule has 0 aromatic carbocycles. The molecule has 1 saturated carbocycles. The molecule has 0 saturated heterocycles. The number of nitrogens with one attached hydrogen (secondary N) is 2. The lowest BCUT2D eigenvalue weighted by Gasteiger charge is -2.20. The molecule has 2 heterocycles. The maximum absolute atomic E-state index is 12.7. The second kappa shape index (κ2) is 8.27. The van der Waals surface area contributed by atoms with Crippen LogP contribution < -0.4 is 16.2 Å². The van der Waals surface area contributed by atoms with Crippen LogP contribution in [-0.4, -0.2) is 35.0 Å². The fourth-order valence-corrected chi connectivity index (χ4v) is 3.96. The number of nitrogens with zero attached hydrogens (tertiary/aromatic N) is 2. The number of fused-ring (bicyclic) bond motifs is 1. The SMILES string of the molecule is N#CC(CC1CCCC1=O)NC(=O)C1CCc2ccc(NCC(F)(F)F)c(=O)n21. The van der Waals surface area contributed by atoms with Gasteiger partial charge in [0.15, 0.2) is 0 Å². The quantitative estimate of drug-likeness (QED) is 0.747. The van der Waals surface area contributed by atoms with Crippen LogP contribution in [0.4, 0.5) is 18.9 Å². The zero-order valence-electron chi connectivity index (χ0n) is 15.6. The number of hydrogen-bond donors (Lipinski definition) is 2. The number of halogens is 3. The number of rotatable bonds is 6. The third-order valence-corrected chi connectivity index (χ3v) is 5.39. The molecule has 1 aromatic rings. The maximum Gasteiger partial charge on any atom is 0.405 e. The molecule has 0 radical (unpaired) electrons. The zero-order valence-corrected chi connectivity index (χ0v) is 15.6. The van der Waals surface area contributed by atoms with Crippen molar-refractivity contribution in [1.29, 1.82) is 5.26 Å². The number of Topliss-reactive ketones (excluding diaryl/α,β-unsaturated/α-hetero) is 1. The molecule has 2 aliphatic rings. The van der Waals surface area contributed by atoms with Crippen molar-refractivity contribution in [3.63, 3.8) is 0 Å². The zero-order chi connectivity index (χ0) is 21.2. The minimum Gasteiger partial charge on any atom is -0.372 e. The van der Waals surface area contributed by atoms with Crippen molar-refractivity contribution in [3.8, 4) is 6.07 Å². The van der Waals surface area contributed by atoms with E-state index in [0.29, 0.717) is 31.4 Å². The van der Waals surface area contributed by atoms with Gasteiger partial charge in [0, 0.05) is 18.0 Å². The summed E-state index contributed by atoms with van der Waals surface area (Å²) in [5, 5.41) is 14.0. The summed E-state index contributed by atoms with van der Waals surface area (Å²) in [5.41, 5.74) is -0.393. The molecular formula is C19H21F3N4O3. The van der Waals surface area contributed by atoms with Crippen molar-refractivity contribution in [2.45, 2.75) is 56.8 Å². The van der Waals surface area contributed by atoms with Gasteiger partial charge in [-0.05, 0) is 44.2 Å². The highest BCUT2D eigenvalue weighted by molar-refractivity contribution is 5.84. The van der Waals surface area contributed by atoms with Gasteiger partial charge in [-0.25, -0.2) is 0 Å². The normalized spacial score (nSPS) is 22.1. The number of aromatic nitrogens is 1. The van der Waals surface area contributed by atoms with Gasteiger partial charge in [0.1, 0.15) is 30.1 Å². The van der Waals surface area contributed by atoms with E-state index in [4.69, 9.17) is 0 Å². The molecule has 1 amide bonds. The Morgan fingerprint density at radius 1 is 1.28 bits per heavy atom. The standard InChI is InChI=1S/C19H21F3N4O3/c20-19(21,22)10-24-14-6-4-13-5-7-15(26(13)18(14)29)17(28)25-12(9-23)8-11-2-1-3-16(11)27/h4,6,11-12,15,24H,1-3,5,7-8,10H2,(H,25,28). The number of carbonyl (C=O) groups is 2. The summed E-state index contributed by atoms with van der Waals surface area (Å²) in [6.07, 6.45) is -1.58. The Hall–Kier alpha value is -2.83. The van der Waals surface area contributed by atoms with Gasteiger partial charge in [0.05, 0.1) is 6.07 Å². The maximum atomic E-state index is 12.7. The molecule has 7 nitrogen and oxygen atoms in total. The minimum atomic E-state index is -4.48. The molecule has 0 bridgehead atoms. The lowest BCUT2D eigenvalue weighted by Crippen LogP contribution is -2.42. The largest absolute Gasteiger partial charge is 0.405 e. The molecular weight excluding hydrogens is 389 g/mol. The molecule has 1 aromatic heterocycles. The van der Waals surface area contributed by atoms with Crippen LogP contribution in [0, 0.1) is 17.2 Å². The third kappa shape index (κ3) is 4.78. The number of carbonyl (C=O) groups excluding carboxylic acids is 2. The molecule has 3 atom stereocenters. The average molecular weight is 410 g/mol. The van der Waals surface area contributed by atoms with E-state index in [9.17, 15) is 32.8 Å². The molecule has 29 heavy (non-hydrogen) atoms. The number of alkyl halides is 3. The van der Waals surface area contributed by atoms with E-state index in [0.717, 1.165) is 6.42 Å². The predicted octanol–water partition coefficient (Wildman–Crippen LogP) is 2.08. The van der Waals surface area contributed by atoms with Crippen molar-refractivity contribution < 1.29 is 22.8 Å². The average Bonchev–Trinajstić information content (AvgIpc) is 3.26. The topological polar surface area (TPSA) is 104 Å². The smallest absolute Gasteiger partial charge is 0.372 e. The Kier molecular flexibility index (Phi) is 5.96. The van der Waals surface area contributed by atoms with Crippen LogP contribution in [0.2, 0.25) is 0 Å². The summed E-state index contributed by atoms with van der Waals surface area (Å²) in [7, 11) is 0. The van der Waals surface area contributed by atoms with E-state index in [1.54, 1.807) is 0 Å². The summed E-state index contributed by atoms with van der Waals surface area (Å²) < 4.78 is 38.5. The highest BCUT2D eigenvalue weighted by Crippen LogP contribution is 2.27. The van der Waals surface area contributed by atoms with E-state index in [2.05, 4.69) is 10.6 Å². The fraction of sp³-hybridized carbons (Fsp3) is 0.579. The van der Waals surface area contributed by atoms with Crippen LogP contribution >= 0.6 is 0 Å². The number of hydrogen-bond acceptors (Lipinski definition) is 5. The van der Waals surface area contributed by atoms with Crippen LogP contribution in [0.25, 0.3) is 0 Å². The Morgan fingerprint density at radius 3 is 2.66 bits per heavy atom. The van der Waals surface area contributed by atoms with Crippen LogP contribution in [0.15, 0.2) is 16.9 Å². The second-order valence-corrected chi connectivity index (χ2v) is 7.42. The van der Waals surface area contributed by atoms with Gasteiger partial charge >= 0.3 is 6.18 Å². The van der Waals surface area contributed by atoms with Crippen LogP contribution in [0.5, 0.6) is 0 Å². The van der Waals surface area contributed by atoms with Crippen LogP contribution in [-0.2, 0) is 16.0 Å². The number of anilines is 1. The van der Waals surface area contributed by atoms with Gasteiger partial charge < -0.3 is 10.6 Å². The van der Waals surface area contributed by atoms with E-state index in [-0.39, 0.29) is 23.8 Å². The second-order valence-electron chi connectivity index (χ2n) is 7.42. The molecule has 2 N–H and O–H groups in total. The lowest BCUT2D eigenvalue weighted by atomic mass is 9.98. The van der Waals surface area contributed by atoms with Crippen molar-refractivity contribution in [2.24, 2.45) is 5.92 Å². The van der Waals surface area contributed by atoms with Crippen molar-refractivity contribution in [2.75, 3.05) is 11.9 Å². The summed E-state index contributed by atoms with van der Waals surface area (Å²) in [6.45, 7) is -1.36. The first-order chi connectivity index (χ1) is 13.7. The Labute approximate surface area is 164 Å². The van der Waals surface area contributed by atoms with E-state index < -0.39 is 36.3 Å². The number of amides is 1. The van der Waals surface area contributed by atoms with E-state index in [1.165, 1.54) is 16.7 Å². The Morgan fingerprint density at radius 2 is 2.03 bits per heavy atom. The molecule has 0 spiro atoms. The Balaban J connectivity index is 1.73. The molecule has 1 fully saturated rings. The fourth-order valence-electron chi connectivity index (χ4n) is 3.96. The van der Waals surface area contributed by atoms with Gasteiger partial charge in [-0.2, -0.15) is 18.4 Å². The van der Waals surface area contributed by atoms with Crippen LogP contribution in [0.3, 0.4) is 0 Å². The number of pyridine rings is 1. The molecule has 1 aliphatic heterocycles. The lowest BCUT2D eigenvalue weighted by molar-refractivity contribution is -0.125. The van der Waals surface area contributed by atoms with Crippen molar-refractivity contribution >= 4 is 17.4 Å². The van der Waals surface area contributed by atoms with E-state index in [1.807, 2.05) is 6.07 Å². The van der Waals surface area contributed by atoms with Gasteiger partial charge in [0.25, 0.3) is 5.56 Å². The molecule has 10 heteroatoms. The first-order valence-corrected chi connectivity index (χ1v) is 9.47. The highest BCUT2D eigenvalue weighted by Gasteiger charge is 2.34. The molecule has 3 unspecified atom stereocenters. The molecule has 1 aliphatic carbocycles. The summed E-state index contributed by atoms with van der Waals surface area (Å²) in [4.78, 5) is 37.1. The molecule has 3 rings (SSSR count). The minimum absolute atomic E-state index is 0.0855. The number of ketones is 1. The number of nitriles is 1. The number of aryl methyl sites for hydroxylation is 1. The van der Waals surface area contributed by atoms with Gasteiger partial charge in [-0.3, -0.25) is 19.0 Å².